The summed E-state index contributed by atoms with van der Waals surface area (Å²) in [5, 5.41) is 16.8. The van der Waals surface area contributed by atoms with E-state index in [2.05, 4.69) is 20.6 Å². The average molecular weight is 398 g/mol. The van der Waals surface area contributed by atoms with Crippen LogP contribution in [0.25, 0.3) is 11.3 Å². The Morgan fingerprint density at radius 1 is 1.24 bits per heavy atom. The molecule has 2 aliphatic heterocycles. The van der Waals surface area contributed by atoms with E-state index in [1.54, 1.807) is 18.2 Å². The number of halogens is 1. The summed E-state index contributed by atoms with van der Waals surface area (Å²) < 4.78 is 19.3. The van der Waals surface area contributed by atoms with Crippen LogP contribution in [-0.2, 0) is 0 Å². The van der Waals surface area contributed by atoms with Gasteiger partial charge in [-0.1, -0.05) is 6.07 Å². The van der Waals surface area contributed by atoms with E-state index in [1.807, 2.05) is 6.92 Å². The largest absolute Gasteiger partial charge is 0.480 e. The van der Waals surface area contributed by atoms with Crippen LogP contribution in [0.2, 0.25) is 0 Å². The maximum absolute atomic E-state index is 14.1. The first kappa shape index (κ1) is 19.2. The Bertz CT molecular complexity index is 1020. The number of guanidine groups is 1. The Morgan fingerprint density at radius 2 is 2.03 bits per heavy atom. The van der Waals surface area contributed by atoms with Gasteiger partial charge in [0.05, 0.1) is 24.5 Å². The minimum absolute atomic E-state index is 0.269. The first-order valence-corrected chi connectivity index (χ1v) is 9.22. The normalized spacial score (nSPS) is 23.9. The summed E-state index contributed by atoms with van der Waals surface area (Å²) in [6.45, 7) is 1.85. The topological polar surface area (TPSA) is 131 Å². The Balaban J connectivity index is 1.76. The van der Waals surface area contributed by atoms with E-state index >= 15 is 0 Å². The standard InChI is InChI=1S/C20H23FN6O2/c1-9-17-16(27-20(23)24-9)8-15(25-18(17)28)11-4-3-10(21)7-12(11)14-6-5-13(22)19(26-14)29-2/h3-7,15-16,18,25,28H,8,22H2,1-2H3,(H3,23,24,27)/t15?,16?,18-/m1/s1. The van der Waals surface area contributed by atoms with Gasteiger partial charge in [0, 0.05) is 22.9 Å². The zero-order valence-corrected chi connectivity index (χ0v) is 16.1. The molecule has 2 aromatic rings. The van der Waals surface area contributed by atoms with Crippen LogP contribution in [0.4, 0.5) is 10.1 Å². The molecule has 3 atom stereocenters. The monoisotopic (exact) mass is 398 g/mol. The maximum Gasteiger partial charge on any atom is 0.237 e. The van der Waals surface area contributed by atoms with Gasteiger partial charge in [0.15, 0.2) is 5.96 Å². The highest BCUT2D eigenvalue weighted by atomic mass is 19.1. The molecule has 29 heavy (non-hydrogen) atoms. The third-order valence-electron chi connectivity index (χ3n) is 5.26. The third kappa shape index (κ3) is 3.50. The SMILES string of the molecule is COc1nc(-c2cc(F)ccc2C2CC3N=C(N)NC(C)=C3[C@@H](O)N2)ccc1N. The third-order valence-corrected chi connectivity index (χ3v) is 5.26. The van der Waals surface area contributed by atoms with Crippen molar-refractivity contribution in [2.45, 2.75) is 31.7 Å². The predicted molar refractivity (Wildman–Crippen MR) is 108 cm³/mol. The smallest absolute Gasteiger partial charge is 0.237 e. The van der Waals surface area contributed by atoms with Crippen LogP contribution in [0.1, 0.15) is 24.9 Å². The summed E-state index contributed by atoms with van der Waals surface area (Å²) >= 11 is 0. The molecule has 0 bridgehead atoms. The molecular weight excluding hydrogens is 375 g/mol. The molecule has 7 N–H and O–H groups in total. The van der Waals surface area contributed by atoms with Crippen LogP contribution < -0.4 is 26.8 Å². The summed E-state index contributed by atoms with van der Waals surface area (Å²) in [7, 11) is 1.48. The number of rotatable bonds is 3. The van der Waals surface area contributed by atoms with Gasteiger partial charge in [-0.25, -0.2) is 14.4 Å². The first-order chi connectivity index (χ1) is 13.9. The molecular formula is C20H23FN6O2. The molecule has 0 aliphatic carbocycles. The number of nitrogen functional groups attached to an aromatic ring is 1. The van der Waals surface area contributed by atoms with E-state index in [9.17, 15) is 9.50 Å². The second kappa shape index (κ2) is 7.34. The summed E-state index contributed by atoms with van der Waals surface area (Å²) in [4.78, 5) is 8.85. The van der Waals surface area contributed by atoms with Crippen molar-refractivity contribution in [1.82, 2.24) is 15.6 Å². The zero-order valence-electron chi connectivity index (χ0n) is 16.1. The van der Waals surface area contributed by atoms with Gasteiger partial charge in [-0.05, 0) is 43.2 Å². The van der Waals surface area contributed by atoms with Crippen molar-refractivity contribution in [3.05, 3.63) is 53.0 Å². The molecule has 2 unspecified atom stereocenters. The van der Waals surface area contributed by atoms with Crippen molar-refractivity contribution in [3.8, 4) is 17.1 Å². The van der Waals surface area contributed by atoms with Crippen molar-refractivity contribution >= 4 is 11.6 Å². The molecule has 3 heterocycles. The van der Waals surface area contributed by atoms with E-state index in [0.29, 0.717) is 29.3 Å². The number of benzene rings is 1. The number of anilines is 1. The lowest BCUT2D eigenvalue weighted by molar-refractivity contribution is 0.123. The number of nitrogens with zero attached hydrogens (tertiary/aromatic N) is 2. The molecule has 152 valence electrons. The Morgan fingerprint density at radius 3 is 2.79 bits per heavy atom. The second-order valence-corrected chi connectivity index (χ2v) is 7.12. The molecule has 0 spiro atoms. The van der Waals surface area contributed by atoms with Crippen LogP contribution in [0, 0.1) is 5.82 Å². The van der Waals surface area contributed by atoms with Gasteiger partial charge in [0.25, 0.3) is 0 Å². The van der Waals surface area contributed by atoms with Gasteiger partial charge < -0.3 is 26.6 Å². The summed E-state index contributed by atoms with van der Waals surface area (Å²) in [6.07, 6.45) is -0.355. The fourth-order valence-electron chi connectivity index (χ4n) is 3.96. The summed E-state index contributed by atoms with van der Waals surface area (Å²) in [5.41, 5.74) is 15.6. The number of hydrogen-bond acceptors (Lipinski definition) is 8. The van der Waals surface area contributed by atoms with Gasteiger partial charge in [0.1, 0.15) is 12.0 Å². The van der Waals surface area contributed by atoms with E-state index < -0.39 is 12.0 Å². The molecule has 1 aromatic heterocycles. The minimum atomic E-state index is -0.907. The molecule has 2 aliphatic rings. The molecule has 0 radical (unpaired) electrons. The van der Waals surface area contributed by atoms with Gasteiger partial charge in [-0.2, -0.15) is 0 Å². The number of allylic oxidation sites excluding steroid dienone is 1. The van der Waals surface area contributed by atoms with E-state index in [1.165, 1.54) is 19.2 Å². The van der Waals surface area contributed by atoms with Gasteiger partial charge >= 0.3 is 0 Å². The molecule has 1 saturated heterocycles. The molecule has 4 rings (SSSR count). The number of hydrogen-bond donors (Lipinski definition) is 5. The van der Waals surface area contributed by atoms with E-state index in [0.717, 1.165) is 16.8 Å². The minimum Gasteiger partial charge on any atom is -0.480 e. The van der Waals surface area contributed by atoms with Gasteiger partial charge in [-0.15, -0.1) is 0 Å². The van der Waals surface area contributed by atoms with Crippen LogP contribution >= 0.6 is 0 Å². The Hall–Kier alpha value is -3.17. The van der Waals surface area contributed by atoms with Crippen LogP contribution in [0.15, 0.2) is 46.6 Å². The molecule has 8 nitrogen and oxygen atoms in total. The van der Waals surface area contributed by atoms with Crippen molar-refractivity contribution in [1.29, 1.82) is 0 Å². The van der Waals surface area contributed by atoms with Crippen LogP contribution in [-0.4, -0.2) is 35.4 Å². The average Bonchev–Trinajstić information content (AvgIpc) is 2.67. The summed E-state index contributed by atoms with van der Waals surface area (Å²) in [6, 6.07) is 7.31. The number of nitrogens with two attached hydrogens (primary N) is 2. The van der Waals surface area contributed by atoms with E-state index in [-0.39, 0.29) is 18.0 Å². The van der Waals surface area contributed by atoms with Crippen LogP contribution in [0.5, 0.6) is 5.88 Å². The molecule has 9 heteroatoms. The second-order valence-electron chi connectivity index (χ2n) is 7.12. The fourth-order valence-corrected chi connectivity index (χ4v) is 3.96. The highest BCUT2D eigenvalue weighted by molar-refractivity contribution is 5.81. The molecule has 0 amide bonds. The Labute approximate surface area is 167 Å². The highest BCUT2D eigenvalue weighted by Gasteiger charge is 2.36. The zero-order chi connectivity index (χ0) is 20.7. The van der Waals surface area contributed by atoms with Gasteiger partial charge in [-0.3, -0.25) is 5.32 Å². The number of aliphatic hydroxyl groups is 1. The lowest BCUT2D eigenvalue weighted by atomic mass is 9.85. The number of aliphatic hydroxyl groups excluding tert-OH is 1. The number of ether oxygens (including phenoxy) is 1. The number of methoxy groups -OCH3 is 1. The number of nitrogens with one attached hydrogen (secondary N) is 2. The lowest BCUT2D eigenvalue weighted by Gasteiger charge is -2.38. The summed E-state index contributed by atoms with van der Waals surface area (Å²) in [5.74, 6) is 0.192. The number of aromatic nitrogens is 1. The number of pyridine rings is 1. The highest BCUT2D eigenvalue weighted by Crippen LogP contribution is 2.38. The lowest BCUT2D eigenvalue weighted by Crippen LogP contribution is -2.49. The van der Waals surface area contributed by atoms with Crippen molar-refractivity contribution in [2.75, 3.05) is 12.8 Å². The number of aliphatic imine (C=N–C) groups is 1. The van der Waals surface area contributed by atoms with Crippen LogP contribution in [0.3, 0.4) is 0 Å². The van der Waals surface area contributed by atoms with E-state index in [4.69, 9.17) is 16.2 Å². The number of piperidine rings is 1. The first-order valence-electron chi connectivity index (χ1n) is 9.22. The molecule has 1 fully saturated rings. The number of fused-ring (bicyclic) bond motifs is 1. The maximum atomic E-state index is 14.1. The predicted octanol–water partition coefficient (Wildman–Crippen LogP) is 1.39. The molecule has 1 aromatic carbocycles. The van der Waals surface area contributed by atoms with Crippen molar-refractivity contribution in [2.24, 2.45) is 10.7 Å². The Kier molecular flexibility index (Phi) is 4.85. The van der Waals surface area contributed by atoms with Crippen molar-refractivity contribution in [3.63, 3.8) is 0 Å². The fraction of sp³-hybridized carbons (Fsp3) is 0.300. The van der Waals surface area contributed by atoms with Crippen molar-refractivity contribution < 1.29 is 14.2 Å². The van der Waals surface area contributed by atoms with Gasteiger partial charge in [0.2, 0.25) is 5.88 Å². The quantitative estimate of drug-likeness (QED) is 0.528. The molecule has 0 saturated carbocycles.